The molecule has 0 spiro atoms. The number of para-hydroxylation sites is 1. The Morgan fingerprint density at radius 1 is 1.16 bits per heavy atom. The van der Waals surface area contributed by atoms with Crippen LogP contribution in [0.2, 0.25) is 5.02 Å². The Bertz CT molecular complexity index is 621. The number of amides is 2. The van der Waals surface area contributed by atoms with Crippen molar-refractivity contribution in [2.45, 2.75) is 0 Å². The summed E-state index contributed by atoms with van der Waals surface area (Å²) in [5, 5.41) is 5.24. The van der Waals surface area contributed by atoms with Gasteiger partial charge in [-0.1, -0.05) is 23.7 Å². The fourth-order valence-corrected chi connectivity index (χ4v) is 2.12. The molecule has 2 aromatic carbocycles. The van der Waals surface area contributed by atoms with E-state index < -0.39 is 11.8 Å². The minimum absolute atomic E-state index is 0.0351. The van der Waals surface area contributed by atoms with E-state index in [9.17, 15) is 9.18 Å². The Kier molecular flexibility index (Phi) is 4.60. The normalized spacial score (nSPS) is 10.1. The molecule has 0 aliphatic rings. The fraction of sp³-hybridized carbons (Fsp3) is 0. The lowest BCUT2D eigenvalue weighted by atomic mass is 10.3. The molecule has 0 atom stereocenters. The molecule has 3 nitrogen and oxygen atoms in total. The van der Waals surface area contributed by atoms with Crippen molar-refractivity contribution in [1.29, 1.82) is 0 Å². The number of rotatable bonds is 2. The molecule has 0 aromatic heterocycles. The Morgan fingerprint density at radius 3 is 2.58 bits per heavy atom. The topological polar surface area (TPSA) is 41.1 Å². The monoisotopic (exact) mass is 390 g/mol. The number of halogens is 3. The first kappa shape index (κ1) is 14.1. The van der Waals surface area contributed by atoms with Crippen molar-refractivity contribution >= 4 is 51.6 Å². The highest BCUT2D eigenvalue weighted by molar-refractivity contribution is 14.1. The first-order chi connectivity index (χ1) is 9.06. The van der Waals surface area contributed by atoms with Crippen LogP contribution in [0, 0.1) is 9.39 Å². The van der Waals surface area contributed by atoms with Gasteiger partial charge in [0, 0.05) is 9.26 Å². The molecule has 19 heavy (non-hydrogen) atoms. The van der Waals surface area contributed by atoms with Crippen LogP contribution < -0.4 is 10.6 Å². The molecule has 2 N–H and O–H groups in total. The number of anilines is 2. The smallest absolute Gasteiger partial charge is 0.308 e. The molecule has 2 aromatic rings. The maximum Gasteiger partial charge on any atom is 0.323 e. The fourth-order valence-electron chi connectivity index (χ4n) is 1.42. The van der Waals surface area contributed by atoms with Crippen LogP contribution in [-0.4, -0.2) is 6.03 Å². The summed E-state index contributed by atoms with van der Waals surface area (Å²) in [6.45, 7) is 0. The molecule has 0 aliphatic heterocycles. The highest BCUT2D eigenvalue weighted by Gasteiger charge is 2.06. The first-order valence-electron chi connectivity index (χ1n) is 5.34. The first-order valence-corrected chi connectivity index (χ1v) is 6.79. The van der Waals surface area contributed by atoms with Gasteiger partial charge in [0.05, 0.1) is 10.7 Å². The van der Waals surface area contributed by atoms with Gasteiger partial charge in [-0.2, -0.15) is 0 Å². The van der Waals surface area contributed by atoms with Crippen molar-refractivity contribution in [2.75, 3.05) is 10.6 Å². The molecule has 0 saturated heterocycles. The van der Waals surface area contributed by atoms with Crippen LogP contribution in [0.4, 0.5) is 20.6 Å². The number of carbonyl (C=O) groups excluding carboxylic acids is 1. The molecule has 0 radical (unpaired) electrons. The summed E-state index contributed by atoms with van der Waals surface area (Å²) in [7, 11) is 0. The van der Waals surface area contributed by atoms with Crippen LogP contribution in [0.25, 0.3) is 0 Å². The molecule has 6 heteroatoms. The minimum Gasteiger partial charge on any atom is -0.308 e. The van der Waals surface area contributed by atoms with Crippen molar-refractivity contribution < 1.29 is 9.18 Å². The van der Waals surface area contributed by atoms with Crippen LogP contribution in [-0.2, 0) is 0 Å². The van der Waals surface area contributed by atoms with Crippen molar-refractivity contribution in [3.05, 3.63) is 56.9 Å². The summed E-state index contributed by atoms with van der Waals surface area (Å²) in [5.41, 5.74) is 1.13. The van der Waals surface area contributed by atoms with E-state index >= 15 is 0 Å². The van der Waals surface area contributed by atoms with E-state index in [2.05, 4.69) is 33.2 Å². The second kappa shape index (κ2) is 6.21. The maximum absolute atomic E-state index is 13.0. The molecule has 0 heterocycles. The number of nitrogens with one attached hydrogen (secondary N) is 2. The van der Waals surface area contributed by atoms with Gasteiger partial charge >= 0.3 is 6.03 Å². The molecule has 0 fully saturated rings. The lowest BCUT2D eigenvalue weighted by Gasteiger charge is -2.09. The maximum atomic E-state index is 13.0. The highest BCUT2D eigenvalue weighted by atomic mass is 127. The third-order valence-electron chi connectivity index (χ3n) is 2.30. The molecule has 98 valence electrons. The number of carbonyl (C=O) groups is 1. The Labute approximate surface area is 128 Å². The van der Waals surface area contributed by atoms with Crippen molar-refractivity contribution in [2.24, 2.45) is 0 Å². The van der Waals surface area contributed by atoms with Crippen molar-refractivity contribution in [1.82, 2.24) is 0 Å². The number of benzene rings is 2. The minimum atomic E-state index is -0.523. The van der Waals surface area contributed by atoms with Gasteiger partial charge in [0.2, 0.25) is 0 Å². The highest BCUT2D eigenvalue weighted by Crippen LogP contribution is 2.20. The van der Waals surface area contributed by atoms with Crippen molar-refractivity contribution in [3.63, 3.8) is 0 Å². The summed E-state index contributed by atoms with van der Waals surface area (Å²) in [4.78, 5) is 11.8. The van der Waals surface area contributed by atoms with E-state index in [0.29, 0.717) is 11.4 Å². The van der Waals surface area contributed by atoms with E-state index in [0.717, 1.165) is 3.57 Å². The largest absolute Gasteiger partial charge is 0.323 e. The Balaban J connectivity index is 2.05. The van der Waals surface area contributed by atoms with Gasteiger partial charge in [-0.3, -0.25) is 0 Å². The molecular weight excluding hydrogens is 382 g/mol. The zero-order valence-corrected chi connectivity index (χ0v) is 12.5. The van der Waals surface area contributed by atoms with Crippen LogP contribution >= 0.6 is 34.2 Å². The average molecular weight is 391 g/mol. The van der Waals surface area contributed by atoms with Crippen LogP contribution in [0.3, 0.4) is 0 Å². The number of hydrogen-bond acceptors (Lipinski definition) is 1. The Hall–Kier alpha value is -1.34. The second-order valence-electron chi connectivity index (χ2n) is 3.69. The van der Waals surface area contributed by atoms with Gasteiger partial charge in [-0.05, 0) is 52.9 Å². The molecule has 2 rings (SSSR count). The summed E-state index contributed by atoms with van der Waals surface area (Å²) in [6.07, 6.45) is 0. The molecule has 0 aliphatic carbocycles. The van der Waals surface area contributed by atoms with E-state index in [4.69, 9.17) is 11.6 Å². The third kappa shape index (κ3) is 3.81. The number of urea groups is 1. The number of hydrogen-bond donors (Lipinski definition) is 2. The summed E-state index contributed by atoms with van der Waals surface area (Å²) < 4.78 is 13.9. The zero-order valence-electron chi connectivity index (χ0n) is 9.58. The predicted octanol–water partition coefficient (Wildman–Crippen LogP) is 4.73. The van der Waals surface area contributed by atoms with E-state index in [1.54, 1.807) is 6.07 Å². The molecule has 2 amide bonds. The molecular formula is C13H9ClFIN2O. The molecule has 0 unspecified atom stereocenters. The van der Waals surface area contributed by atoms with Gasteiger partial charge in [0.1, 0.15) is 5.82 Å². The van der Waals surface area contributed by atoms with E-state index in [1.165, 1.54) is 18.2 Å². The lowest BCUT2D eigenvalue weighted by molar-refractivity contribution is 0.262. The third-order valence-corrected chi connectivity index (χ3v) is 3.53. The summed E-state index contributed by atoms with van der Waals surface area (Å²) >= 11 is 7.76. The summed E-state index contributed by atoms with van der Waals surface area (Å²) in [5.74, 6) is -0.523. The van der Waals surface area contributed by atoms with Gasteiger partial charge in [-0.25, -0.2) is 9.18 Å². The van der Waals surface area contributed by atoms with Gasteiger partial charge in [0.15, 0.2) is 0 Å². The van der Waals surface area contributed by atoms with Gasteiger partial charge in [-0.15, -0.1) is 0 Å². The SMILES string of the molecule is O=C(Nc1ccc(F)c(Cl)c1)Nc1ccccc1I. The zero-order chi connectivity index (χ0) is 13.8. The van der Waals surface area contributed by atoms with Crippen LogP contribution in [0.1, 0.15) is 0 Å². The molecule has 0 bridgehead atoms. The Morgan fingerprint density at radius 2 is 1.89 bits per heavy atom. The van der Waals surface area contributed by atoms with E-state index in [1.807, 2.05) is 18.2 Å². The van der Waals surface area contributed by atoms with Gasteiger partial charge < -0.3 is 10.6 Å². The lowest BCUT2D eigenvalue weighted by Crippen LogP contribution is -2.19. The van der Waals surface area contributed by atoms with Gasteiger partial charge in [0.25, 0.3) is 0 Å². The van der Waals surface area contributed by atoms with E-state index in [-0.39, 0.29) is 5.02 Å². The van der Waals surface area contributed by atoms with Crippen LogP contribution in [0.15, 0.2) is 42.5 Å². The second-order valence-corrected chi connectivity index (χ2v) is 5.26. The predicted molar refractivity (Wildman–Crippen MR) is 83.2 cm³/mol. The van der Waals surface area contributed by atoms with Crippen molar-refractivity contribution in [3.8, 4) is 0 Å². The van der Waals surface area contributed by atoms with Crippen LogP contribution in [0.5, 0.6) is 0 Å². The molecule has 0 saturated carbocycles. The average Bonchev–Trinajstić information content (AvgIpc) is 2.37. The summed E-state index contributed by atoms with van der Waals surface area (Å²) in [6, 6.07) is 11.0. The quantitative estimate of drug-likeness (QED) is 0.715. The standard InChI is InChI=1S/C13H9ClFIN2O/c14-9-7-8(5-6-10(9)15)17-13(19)18-12-4-2-1-3-11(12)16/h1-7H,(H2,17,18,19).